The Bertz CT molecular complexity index is 1230. The molecule has 12 nitrogen and oxygen atoms in total. The third-order valence-corrected chi connectivity index (χ3v) is 6.70. The molecule has 2 aromatic rings. The van der Waals surface area contributed by atoms with Crippen molar-refractivity contribution in [3.8, 4) is 0 Å². The van der Waals surface area contributed by atoms with E-state index in [0.29, 0.717) is 21.6 Å². The van der Waals surface area contributed by atoms with Crippen LogP contribution in [0.15, 0.2) is 24.3 Å². The van der Waals surface area contributed by atoms with Gasteiger partial charge in [-0.15, -0.1) is 11.3 Å². The number of ether oxygens (including phenoxy) is 1. The van der Waals surface area contributed by atoms with Crippen LogP contribution >= 0.6 is 11.3 Å². The number of carbonyl (C=O) groups excluding carboxylic acids is 4. The Morgan fingerprint density at radius 3 is 2.34 bits per heavy atom. The number of aromatic carboxylic acids is 1. The van der Waals surface area contributed by atoms with Crippen LogP contribution in [0.5, 0.6) is 0 Å². The molecular weight excluding hydrogens is 482 g/mol. The summed E-state index contributed by atoms with van der Waals surface area (Å²) in [5.74, 6) is -5.75. The zero-order valence-corrected chi connectivity index (χ0v) is 18.8. The van der Waals surface area contributed by atoms with Crippen LogP contribution in [0.4, 0.5) is 5.00 Å². The maximum atomic E-state index is 12.4. The first-order valence-electron chi connectivity index (χ1n) is 10.4. The maximum absolute atomic E-state index is 12.4. The average Bonchev–Trinajstić information content (AvgIpc) is 3.30. The first-order valence-corrected chi connectivity index (χ1v) is 11.2. The predicted octanol–water partition coefficient (Wildman–Crippen LogP) is 0.713. The second kappa shape index (κ2) is 9.64. The van der Waals surface area contributed by atoms with Crippen LogP contribution < -0.4 is 10.6 Å². The zero-order chi connectivity index (χ0) is 25.3. The smallest absolute Gasteiger partial charge is 0.394 e. The summed E-state index contributed by atoms with van der Waals surface area (Å²) in [6, 6.07) is 6.42. The molecule has 4 amide bonds. The Hall–Kier alpha value is -4.10. The van der Waals surface area contributed by atoms with E-state index in [2.05, 4.69) is 10.6 Å². The summed E-state index contributed by atoms with van der Waals surface area (Å²) in [4.78, 5) is 72.7. The molecule has 1 unspecified atom stereocenters. The molecule has 2 aliphatic rings. The number of carboxylic acids is 2. The van der Waals surface area contributed by atoms with Gasteiger partial charge in [0.05, 0.1) is 29.4 Å². The number of carboxylic acid groups (broad SMARTS) is 2. The fourth-order valence-electron chi connectivity index (χ4n) is 3.90. The van der Waals surface area contributed by atoms with Crippen molar-refractivity contribution in [1.82, 2.24) is 10.2 Å². The van der Waals surface area contributed by atoms with Gasteiger partial charge in [0.1, 0.15) is 5.00 Å². The molecule has 1 atom stereocenters. The summed E-state index contributed by atoms with van der Waals surface area (Å²) in [5.41, 5.74) is 0.797. The number of thiophene rings is 1. The second-order valence-corrected chi connectivity index (χ2v) is 8.88. The average molecular weight is 501 g/mol. The molecule has 35 heavy (non-hydrogen) atoms. The van der Waals surface area contributed by atoms with Crippen molar-refractivity contribution in [2.24, 2.45) is 0 Å². The summed E-state index contributed by atoms with van der Waals surface area (Å²) in [7, 11) is 0. The number of aliphatic carboxylic acids is 1. The number of nitrogens with one attached hydrogen (secondary N) is 2. The molecule has 1 aromatic carbocycles. The van der Waals surface area contributed by atoms with E-state index in [1.165, 1.54) is 0 Å². The van der Waals surface area contributed by atoms with Crippen molar-refractivity contribution in [1.29, 1.82) is 0 Å². The second-order valence-electron chi connectivity index (χ2n) is 7.77. The standard InChI is InChI=1S/C22H19N3O9S/c26-15(5-6-25-19(28)11-3-1-2-4-12(11)20(25)29)23-8-10-7-13-14(9-34-10)35-18(16(13)21(30)31)24-17(27)22(32)33/h1-4,10H,5-9H2,(H,23,26)(H,24,27)(H,30,31)(H,32,33). The molecule has 13 heteroatoms. The number of fused-ring (bicyclic) bond motifs is 2. The van der Waals surface area contributed by atoms with Gasteiger partial charge in [-0.25, -0.2) is 9.59 Å². The van der Waals surface area contributed by atoms with Gasteiger partial charge < -0.3 is 25.6 Å². The fraction of sp³-hybridized carbons (Fsp3) is 0.273. The normalized spacial score (nSPS) is 16.5. The highest BCUT2D eigenvalue weighted by Gasteiger charge is 2.35. The molecule has 0 bridgehead atoms. The highest BCUT2D eigenvalue weighted by molar-refractivity contribution is 7.17. The Labute approximate surface area is 201 Å². The zero-order valence-electron chi connectivity index (χ0n) is 18.0. The first kappa shape index (κ1) is 24.0. The number of benzene rings is 1. The van der Waals surface area contributed by atoms with Gasteiger partial charge in [0.2, 0.25) is 5.91 Å². The van der Waals surface area contributed by atoms with E-state index in [1.54, 1.807) is 24.3 Å². The minimum absolute atomic E-state index is 0.0266. The van der Waals surface area contributed by atoms with Crippen molar-refractivity contribution >= 4 is 51.9 Å². The van der Waals surface area contributed by atoms with Crippen molar-refractivity contribution < 1.29 is 43.7 Å². The number of imide groups is 1. The number of rotatable bonds is 7. The number of amides is 4. The van der Waals surface area contributed by atoms with Gasteiger partial charge in [-0.1, -0.05) is 12.1 Å². The topological polar surface area (TPSA) is 179 Å². The number of nitrogens with zero attached hydrogens (tertiary/aromatic N) is 1. The lowest BCUT2D eigenvalue weighted by atomic mass is 10.0. The van der Waals surface area contributed by atoms with Gasteiger partial charge in [-0.2, -0.15) is 0 Å². The number of carbonyl (C=O) groups is 6. The minimum atomic E-state index is -1.74. The fourth-order valence-corrected chi connectivity index (χ4v) is 5.04. The molecule has 1 aromatic heterocycles. The Morgan fingerprint density at radius 1 is 1.09 bits per heavy atom. The van der Waals surface area contributed by atoms with E-state index in [1.807, 2.05) is 0 Å². The Balaban J connectivity index is 1.33. The van der Waals surface area contributed by atoms with Gasteiger partial charge >= 0.3 is 17.8 Å². The number of anilines is 1. The molecule has 3 heterocycles. The summed E-state index contributed by atoms with van der Waals surface area (Å²) in [6.07, 6.45) is -0.565. The van der Waals surface area contributed by atoms with Gasteiger partial charge in [0.25, 0.3) is 11.8 Å². The summed E-state index contributed by atoms with van der Waals surface area (Å²) in [5, 5.41) is 23.0. The Morgan fingerprint density at radius 2 is 1.74 bits per heavy atom. The van der Waals surface area contributed by atoms with Gasteiger partial charge in [0.15, 0.2) is 0 Å². The third-order valence-electron chi connectivity index (χ3n) is 5.58. The monoisotopic (exact) mass is 501 g/mol. The molecule has 0 fully saturated rings. The lowest BCUT2D eigenvalue weighted by Crippen LogP contribution is -2.39. The van der Waals surface area contributed by atoms with Gasteiger partial charge in [0, 0.05) is 30.8 Å². The van der Waals surface area contributed by atoms with Crippen molar-refractivity contribution in [2.75, 3.05) is 18.4 Å². The molecule has 0 saturated heterocycles. The Kier molecular flexibility index (Phi) is 6.62. The first-order chi connectivity index (χ1) is 16.7. The lowest BCUT2D eigenvalue weighted by molar-refractivity contribution is -0.147. The molecule has 2 aliphatic heterocycles. The quantitative estimate of drug-likeness (QED) is 0.314. The van der Waals surface area contributed by atoms with Crippen molar-refractivity contribution in [2.45, 2.75) is 25.6 Å². The van der Waals surface area contributed by atoms with Crippen LogP contribution in [-0.4, -0.2) is 69.9 Å². The molecule has 0 aliphatic carbocycles. The molecule has 0 spiro atoms. The molecule has 0 saturated carbocycles. The van der Waals surface area contributed by atoms with E-state index in [-0.39, 0.29) is 43.1 Å². The highest BCUT2D eigenvalue weighted by Crippen LogP contribution is 2.37. The van der Waals surface area contributed by atoms with Crippen molar-refractivity contribution in [3.05, 3.63) is 51.4 Å². The number of hydrogen-bond donors (Lipinski definition) is 4. The van der Waals surface area contributed by atoms with E-state index >= 15 is 0 Å². The third kappa shape index (κ3) is 4.76. The van der Waals surface area contributed by atoms with Crippen LogP contribution in [0.3, 0.4) is 0 Å². The maximum Gasteiger partial charge on any atom is 0.394 e. The summed E-state index contributed by atoms with van der Waals surface area (Å²) >= 11 is 0.922. The van der Waals surface area contributed by atoms with Crippen molar-refractivity contribution in [3.63, 3.8) is 0 Å². The predicted molar refractivity (Wildman–Crippen MR) is 119 cm³/mol. The minimum Gasteiger partial charge on any atom is -0.478 e. The van der Waals surface area contributed by atoms with E-state index in [0.717, 1.165) is 16.2 Å². The van der Waals surface area contributed by atoms with Crippen LogP contribution in [0.25, 0.3) is 0 Å². The largest absolute Gasteiger partial charge is 0.478 e. The van der Waals surface area contributed by atoms with Gasteiger partial charge in [-0.3, -0.25) is 24.1 Å². The molecule has 0 radical (unpaired) electrons. The van der Waals surface area contributed by atoms with E-state index < -0.39 is 41.7 Å². The molecule has 4 rings (SSSR count). The van der Waals surface area contributed by atoms with E-state index in [9.17, 15) is 33.9 Å². The lowest BCUT2D eigenvalue weighted by Gasteiger charge is -2.24. The van der Waals surface area contributed by atoms with Crippen LogP contribution in [0.1, 0.15) is 47.9 Å². The van der Waals surface area contributed by atoms with Crippen LogP contribution in [-0.2, 0) is 32.1 Å². The van der Waals surface area contributed by atoms with E-state index in [4.69, 9.17) is 9.84 Å². The number of hydrogen-bond acceptors (Lipinski definition) is 8. The van der Waals surface area contributed by atoms with Gasteiger partial charge in [-0.05, 0) is 17.7 Å². The highest BCUT2D eigenvalue weighted by atomic mass is 32.1. The molecule has 4 N–H and O–H groups in total. The summed E-state index contributed by atoms with van der Waals surface area (Å²) in [6.45, 7) is -0.0148. The molecule has 182 valence electrons. The SMILES string of the molecule is O=C(CCN1C(=O)c2ccccc2C1=O)NCC1Cc2c(sc(NC(=O)C(=O)O)c2C(=O)O)CO1. The summed E-state index contributed by atoms with van der Waals surface area (Å²) < 4.78 is 5.66. The van der Waals surface area contributed by atoms with Crippen LogP contribution in [0, 0.1) is 0 Å². The molecular formula is C22H19N3O9S. The van der Waals surface area contributed by atoms with Crippen LogP contribution in [0.2, 0.25) is 0 Å².